The summed E-state index contributed by atoms with van der Waals surface area (Å²) in [6, 6.07) is -0.0171. The number of aromatic nitrogens is 2. The number of nitrogens with zero attached hydrogens (tertiary/aromatic N) is 4. The maximum Gasteiger partial charge on any atom is 0.155 e. The van der Waals surface area contributed by atoms with Crippen molar-refractivity contribution in [3.63, 3.8) is 0 Å². The number of azo groups is 1. The van der Waals surface area contributed by atoms with Crippen LogP contribution in [0.25, 0.3) is 0 Å². The summed E-state index contributed by atoms with van der Waals surface area (Å²) < 4.78 is 0. The zero-order valence-electron chi connectivity index (χ0n) is 9.44. The molecule has 0 amide bonds. The molecule has 1 aliphatic rings. The van der Waals surface area contributed by atoms with Crippen molar-refractivity contribution >= 4 is 11.5 Å². The number of rotatable bonds is 0. The number of fused-ring (bicyclic) bond motifs is 1. The van der Waals surface area contributed by atoms with E-state index in [1.165, 1.54) is 0 Å². The Morgan fingerprint density at radius 3 is 2.47 bits per heavy atom. The molecule has 15 heavy (non-hydrogen) atoms. The maximum absolute atomic E-state index is 5.77. The Hall–Kier alpha value is -1.52. The molecule has 5 heteroatoms. The molecule has 1 aromatic heterocycles. The highest BCUT2D eigenvalue weighted by molar-refractivity contribution is 5.62. The van der Waals surface area contributed by atoms with Gasteiger partial charge in [0.05, 0.1) is 0 Å². The highest BCUT2D eigenvalue weighted by Crippen LogP contribution is 2.46. The summed E-state index contributed by atoms with van der Waals surface area (Å²) in [4.78, 5) is 8.46. The van der Waals surface area contributed by atoms with Crippen molar-refractivity contribution < 1.29 is 0 Å². The van der Waals surface area contributed by atoms with Crippen LogP contribution < -0.4 is 5.73 Å². The monoisotopic (exact) mass is 205 g/mol. The van der Waals surface area contributed by atoms with Crippen LogP contribution in [0.3, 0.4) is 0 Å². The highest BCUT2D eigenvalue weighted by atomic mass is 15.2. The van der Waals surface area contributed by atoms with Crippen LogP contribution in [0.2, 0.25) is 0 Å². The lowest BCUT2D eigenvalue weighted by Crippen LogP contribution is -2.16. The first-order valence-electron chi connectivity index (χ1n) is 4.94. The van der Waals surface area contributed by atoms with Gasteiger partial charge < -0.3 is 5.73 Å². The Morgan fingerprint density at radius 2 is 1.87 bits per heavy atom. The molecular weight excluding hydrogens is 190 g/mol. The third-order valence-corrected chi connectivity index (χ3v) is 2.40. The molecule has 2 heterocycles. The molecule has 1 unspecified atom stereocenters. The molecule has 2 rings (SSSR count). The van der Waals surface area contributed by atoms with Gasteiger partial charge in [0.2, 0.25) is 0 Å². The van der Waals surface area contributed by atoms with Crippen LogP contribution in [-0.4, -0.2) is 9.97 Å². The van der Waals surface area contributed by atoms with Gasteiger partial charge in [0.25, 0.3) is 0 Å². The summed E-state index contributed by atoms with van der Waals surface area (Å²) >= 11 is 0. The van der Waals surface area contributed by atoms with Crippen molar-refractivity contribution in [2.24, 2.45) is 15.6 Å². The van der Waals surface area contributed by atoms with Crippen molar-refractivity contribution in [2.45, 2.75) is 33.7 Å². The van der Waals surface area contributed by atoms with Crippen LogP contribution in [0.15, 0.2) is 10.2 Å². The zero-order chi connectivity index (χ0) is 11.2. The van der Waals surface area contributed by atoms with Crippen LogP contribution in [-0.2, 0) is 0 Å². The van der Waals surface area contributed by atoms with Crippen LogP contribution >= 0.6 is 0 Å². The van der Waals surface area contributed by atoms with Gasteiger partial charge in [0, 0.05) is 0 Å². The third kappa shape index (κ3) is 1.58. The summed E-state index contributed by atoms with van der Waals surface area (Å²) in [5.74, 6) is 1.10. The number of hydrogen-bond acceptors (Lipinski definition) is 5. The van der Waals surface area contributed by atoms with Gasteiger partial charge in [0.15, 0.2) is 11.5 Å². The fraction of sp³-hybridized carbons (Fsp3) is 0.600. The number of anilines is 1. The van der Waals surface area contributed by atoms with Gasteiger partial charge >= 0.3 is 0 Å². The molecular formula is C10H15N5. The third-order valence-electron chi connectivity index (χ3n) is 2.40. The topological polar surface area (TPSA) is 76.5 Å². The summed E-state index contributed by atoms with van der Waals surface area (Å²) in [5.41, 5.74) is 7.27. The number of nitrogen functional groups attached to an aromatic ring is 1. The van der Waals surface area contributed by atoms with E-state index < -0.39 is 0 Å². The van der Waals surface area contributed by atoms with Crippen molar-refractivity contribution in [1.29, 1.82) is 0 Å². The van der Waals surface area contributed by atoms with Crippen molar-refractivity contribution in [3.05, 3.63) is 11.5 Å². The van der Waals surface area contributed by atoms with Gasteiger partial charge in [-0.15, -0.1) is 5.11 Å². The lowest BCUT2D eigenvalue weighted by Gasteiger charge is -2.23. The van der Waals surface area contributed by atoms with Crippen molar-refractivity contribution in [1.82, 2.24) is 9.97 Å². The molecule has 0 aromatic carbocycles. The van der Waals surface area contributed by atoms with Gasteiger partial charge in [-0.05, 0) is 12.3 Å². The van der Waals surface area contributed by atoms with E-state index in [4.69, 9.17) is 5.73 Å². The fourth-order valence-corrected chi connectivity index (χ4v) is 1.66. The minimum Gasteiger partial charge on any atom is -0.382 e. The largest absolute Gasteiger partial charge is 0.382 e. The van der Waals surface area contributed by atoms with Crippen molar-refractivity contribution in [2.75, 3.05) is 5.73 Å². The van der Waals surface area contributed by atoms with Gasteiger partial charge in [-0.3, -0.25) is 0 Å². The fourth-order valence-electron chi connectivity index (χ4n) is 1.66. The Labute approximate surface area is 88.8 Å². The van der Waals surface area contributed by atoms with E-state index >= 15 is 0 Å². The first kappa shape index (κ1) is 10.0. The first-order valence-corrected chi connectivity index (χ1v) is 4.94. The van der Waals surface area contributed by atoms with E-state index in [9.17, 15) is 0 Å². The lowest BCUT2D eigenvalue weighted by molar-refractivity contribution is 0.323. The van der Waals surface area contributed by atoms with E-state index in [0.717, 1.165) is 5.69 Å². The second-order valence-electron chi connectivity index (χ2n) is 4.87. The molecule has 0 radical (unpaired) electrons. The molecule has 80 valence electrons. The SMILES string of the molecule is Cc1nc(N)c2c(n1)C(C(C)(C)C)N=N2. The average molecular weight is 205 g/mol. The van der Waals surface area contributed by atoms with Crippen LogP contribution in [0.1, 0.15) is 38.3 Å². The molecule has 1 aliphatic heterocycles. The van der Waals surface area contributed by atoms with Crippen LogP contribution in [0.4, 0.5) is 11.5 Å². The standard InChI is InChI=1S/C10H15N5/c1-5-12-6-7(9(11)13-5)14-15-8(6)10(2,3)4/h8H,1-4H3,(H2,11,12,13). The average Bonchev–Trinajstić information content (AvgIpc) is 2.45. The summed E-state index contributed by atoms with van der Waals surface area (Å²) in [6.45, 7) is 8.16. The molecule has 0 spiro atoms. The molecule has 0 saturated carbocycles. The normalized spacial score (nSPS) is 19.3. The Kier molecular flexibility index (Phi) is 1.99. The summed E-state index contributed by atoms with van der Waals surface area (Å²) in [5, 5.41) is 8.28. The molecule has 5 nitrogen and oxygen atoms in total. The molecule has 0 bridgehead atoms. The molecule has 0 fully saturated rings. The smallest absolute Gasteiger partial charge is 0.155 e. The van der Waals surface area contributed by atoms with Crippen LogP contribution in [0, 0.1) is 12.3 Å². The first-order chi connectivity index (χ1) is 6.89. The summed E-state index contributed by atoms with van der Waals surface area (Å²) in [7, 11) is 0. The van der Waals surface area contributed by atoms with E-state index in [0.29, 0.717) is 17.3 Å². The summed E-state index contributed by atoms with van der Waals surface area (Å²) in [6.07, 6.45) is 0. The molecule has 1 atom stereocenters. The van der Waals surface area contributed by atoms with E-state index in [-0.39, 0.29) is 11.5 Å². The predicted octanol–water partition coefficient (Wildman–Crippen LogP) is 2.55. The Balaban J connectivity index is 2.56. The van der Waals surface area contributed by atoms with E-state index in [2.05, 4.69) is 41.0 Å². The number of nitrogens with two attached hydrogens (primary N) is 1. The Bertz CT molecular complexity index is 430. The van der Waals surface area contributed by atoms with Gasteiger partial charge in [-0.2, -0.15) is 5.11 Å². The van der Waals surface area contributed by atoms with Gasteiger partial charge in [-0.25, -0.2) is 9.97 Å². The molecule has 0 saturated heterocycles. The minimum absolute atomic E-state index is 0.00197. The second-order valence-corrected chi connectivity index (χ2v) is 4.87. The zero-order valence-corrected chi connectivity index (χ0v) is 9.44. The number of hydrogen-bond donors (Lipinski definition) is 1. The maximum atomic E-state index is 5.77. The van der Waals surface area contributed by atoms with Gasteiger partial charge in [-0.1, -0.05) is 20.8 Å². The van der Waals surface area contributed by atoms with E-state index in [1.807, 2.05) is 6.92 Å². The van der Waals surface area contributed by atoms with Crippen LogP contribution in [0.5, 0.6) is 0 Å². The quantitative estimate of drug-likeness (QED) is 0.707. The predicted molar refractivity (Wildman–Crippen MR) is 57.9 cm³/mol. The molecule has 0 aliphatic carbocycles. The van der Waals surface area contributed by atoms with E-state index in [1.54, 1.807) is 0 Å². The molecule has 1 aromatic rings. The highest BCUT2D eigenvalue weighted by Gasteiger charge is 2.34. The molecule has 2 N–H and O–H groups in total. The number of aryl methyl sites for hydroxylation is 1. The van der Waals surface area contributed by atoms with Crippen molar-refractivity contribution in [3.8, 4) is 0 Å². The second kappa shape index (κ2) is 2.98. The minimum atomic E-state index is -0.0171. The Morgan fingerprint density at radius 1 is 1.20 bits per heavy atom. The lowest BCUT2D eigenvalue weighted by atomic mass is 9.85. The van der Waals surface area contributed by atoms with Gasteiger partial charge in [0.1, 0.15) is 17.6 Å².